The zero-order chi connectivity index (χ0) is 4.28. The summed E-state index contributed by atoms with van der Waals surface area (Å²) in [5.74, 6) is 0. The topological polar surface area (TPSA) is 23.1 Å². The second-order valence-corrected chi connectivity index (χ2v) is 1.78. The zero-order valence-corrected chi connectivity index (χ0v) is 5.29. The van der Waals surface area contributed by atoms with Gasteiger partial charge >= 0.3 is 18.9 Å². The van der Waals surface area contributed by atoms with Gasteiger partial charge in [0.15, 0.2) is 0 Å². The van der Waals surface area contributed by atoms with E-state index in [1.165, 1.54) is 0 Å². The monoisotopic (exact) mass is 142 g/mol. The van der Waals surface area contributed by atoms with E-state index < -0.39 is 0 Å². The van der Waals surface area contributed by atoms with Gasteiger partial charge in [-0.15, -0.1) is 6.61 Å². The molecule has 0 aromatic heterocycles. The third-order valence-corrected chi connectivity index (χ3v) is 0.386. The van der Waals surface area contributed by atoms with Crippen LogP contribution in [-0.4, -0.2) is 6.61 Å². The van der Waals surface area contributed by atoms with Crippen LogP contribution >= 0.6 is 15.9 Å². The molecular formula is C3H4BrLiO. The van der Waals surface area contributed by atoms with E-state index in [1.54, 1.807) is 0 Å². The Labute approximate surface area is 57.7 Å². The van der Waals surface area contributed by atoms with Crippen LogP contribution in [0, 0.1) is 0 Å². The normalized spacial score (nSPS) is 6.33. The van der Waals surface area contributed by atoms with Gasteiger partial charge in [-0.05, 0) is 4.48 Å². The Morgan fingerprint density at radius 3 is 2.00 bits per heavy atom. The molecule has 0 spiro atoms. The fraction of sp³-hybridized carbons (Fsp3) is 0.333. The quantitative estimate of drug-likeness (QED) is 0.365. The van der Waals surface area contributed by atoms with E-state index in [0.29, 0.717) is 4.48 Å². The molecular weight excluding hydrogens is 139 g/mol. The zero-order valence-electron chi connectivity index (χ0n) is 3.70. The van der Waals surface area contributed by atoms with E-state index in [2.05, 4.69) is 22.5 Å². The third kappa shape index (κ3) is 8.84. The first-order valence-electron chi connectivity index (χ1n) is 1.18. The predicted octanol–water partition coefficient (Wildman–Crippen LogP) is -2.74. The Balaban J connectivity index is 0. The van der Waals surface area contributed by atoms with Crippen LogP contribution in [0.5, 0.6) is 0 Å². The fourth-order valence-corrected chi connectivity index (χ4v) is 0. The van der Waals surface area contributed by atoms with E-state index >= 15 is 0 Å². The second kappa shape index (κ2) is 5.78. The summed E-state index contributed by atoms with van der Waals surface area (Å²) in [7, 11) is 0. The first-order valence-corrected chi connectivity index (χ1v) is 1.98. The van der Waals surface area contributed by atoms with Gasteiger partial charge in [-0.1, -0.05) is 22.5 Å². The maximum atomic E-state index is 9.48. The Kier molecular flexibility index (Phi) is 9.54. The second-order valence-electron chi connectivity index (χ2n) is 0.662. The van der Waals surface area contributed by atoms with Gasteiger partial charge in [0.25, 0.3) is 0 Å². The van der Waals surface area contributed by atoms with Crippen molar-refractivity contribution in [1.82, 2.24) is 0 Å². The molecule has 0 radical (unpaired) electrons. The smallest absolute Gasteiger partial charge is 0.851 e. The molecule has 0 bridgehead atoms. The van der Waals surface area contributed by atoms with Gasteiger partial charge in [0.1, 0.15) is 0 Å². The van der Waals surface area contributed by atoms with Crippen LogP contribution in [0.4, 0.5) is 0 Å². The Hall–Kier alpha value is 0.777. The third-order valence-electron chi connectivity index (χ3n) is 0.157. The Bertz CT molecular complexity index is 46.1. The summed E-state index contributed by atoms with van der Waals surface area (Å²) in [6, 6.07) is 0. The minimum Gasteiger partial charge on any atom is -0.851 e. The average molecular weight is 143 g/mol. The molecule has 0 rings (SSSR count). The molecule has 0 N–H and O–H groups in total. The molecule has 0 fully saturated rings. The van der Waals surface area contributed by atoms with Crippen LogP contribution in [-0.2, 0) is 0 Å². The van der Waals surface area contributed by atoms with Crippen molar-refractivity contribution in [3.63, 3.8) is 0 Å². The fourth-order valence-electron chi connectivity index (χ4n) is 0. The molecule has 0 unspecified atom stereocenters. The minimum absolute atomic E-state index is 0. The summed E-state index contributed by atoms with van der Waals surface area (Å²) >= 11 is 2.87. The van der Waals surface area contributed by atoms with Gasteiger partial charge in [-0.2, -0.15) is 0 Å². The van der Waals surface area contributed by atoms with Gasteiger partial charge in [-0.3, -0.25) is 0 Å². The first kappa shape index (κ1) is 9.91. The first-order chi connectivity index (χ1) is 2.27. The largest absolute Gasteiger partial charge is 1.00 e. The summed E-state index contributed by atoms with van der Waals surface area (Å²) in [5, 5.41) is 9.48. The van der Waals surface area contributed by atoms with Gasteiger partial charge in [0.2, 0.25) is 0 Å². The Morgan fingerprint density at radius 2 is 2.00 bits per heavy atom. The van der Waals surface area contributed by atoms with Crippen LogP contribution in [0.2, 0.25) is 0 Å². The standard InChI is InChI=1S/C3H4BrO.Li/c1-3(4)2-5;/h1-2H2;/q-1;+1. The number of rotatable bonds is 1. The van der Waals surface area contributed by atoms with Crippen molar-refractivity contribution in [3.8, 4) is 0 Å². The van der Waals surface area contributed by atoms with E-state index in [4.69, 9.17) is 0 Å². The molecule has 0 heterocycles. The molecule has 6 heavy (non-hydrogen) atoms. The molecule has 0 saturated carbocycles. The molecule has 0 saturated heterocycles. The van der Waals surface area contributed by atoms with Crippen molar-refractivity contribution in [2.45, 2.75) is 0 Å². The maximum absolute atomic E-state index is 9.48. The molecule has 0 aromatic carbocycles. The van der Waals surface area contributed by atoms with Crippen molar-refractivity contribution in [1.29, 1.82) is 0 Å². The van der Waals surface area contributed by atoms with Gasteiger partial charge < -0.3 is 5.11 Å². The number of halogens is 1. The molecule has 0 aliphatic carbocycles. The molecule has 0 atom stereocenters. The SMILES string of the molecule is C=C(Br)C[O-].[Li+]. The summed E-state index contributed by atoms with van der Waals surface area (Å²) in [6.45, 7) is 3.06. The molecule has 0 aromatic rings. The van der Waals surface area contributed by atoms with Crippen molar-refractivity contribution >= 4 is 15.9 Å². The van der Waals surface area contributed by atoms with E-state index in [1.807, 2.05) is 0 Å². The van der Waals surface area contributed by atoms with Crippen LogP contribution in [0.1, 0.15) is 0 Å². The van der Waals surface area contributed by atoms with Crippen LogP contribution in [0.25, 0.3) is 0 Å². The molecule has 1 nitrogen and oxygen atoms in total. The average Bonchev–Trinajstić information content (AvgIpc) is 1.38. The van der Waals surface area contributed by atoms with Crippen molar-refractivity contribution < 1.29 is 24.0 Å². The van der Waals surface area contributed by atoms with Crippen molar-refractivity contribution in [2.24, 2.45) is 0 Å². The van der Waals surface area contributed by atoms with E-state index in [9.17, 15) is 5.11 Å². The summed E-state index contributed by atoms with van der Waals surface area (Å²) in [5.41, 5.74) is 0. The minimum atomic E-state index is -0.222. The van der Waals surface area contributed by atoms with E-state index in [-0.39, 0.29) is 25.5 Å². The van der Waals surface area contributed by atoms with Gasteiger partial charge in [-0.25, -0.2) is 0 Å². The van der Waals surface area contributed by atoms with Crippen molar-refractivity contribution in [2.75, 3.05) is 6.61 Å². The van der Waals surface area contributed by atoms with Crippen LogP contribution in [0.3, 0.4) is 0 Å². The molecule has 0 aliphatic heterocycles. The summed E-state index contributed by atoms with van der Waals surface area (Å²) in [4.78, 5) is 0. The molecule has 3 heteroatoms. The Morgan fingerprint density at radius 1 is 1.83 bits per heavy atom. The maximum Gasteiger partial charge on any atom is 1.00 e. The summed E-state index contributed by atoms with van der Waals surface area (Å²) in [6.07, 6.45) is 0. The predicted molar refractivity (Wildman–Crippen MR) is 22.9 cm³/mol. The summed E-state index contributed by atoms with van der Waals surface area (Å²) < 4.78 is 0.512. The number of hydrogen-bond acceptors (Lipinski definition) is 1. The molecule has 30 valence electrons. The van der Waals surface area contributed by atoms with Gasteiger partial charge in [0.05, 0.1) is 0 Å². The van der Waals surface area contributed by atoms with E-state index in [0.717, 1.165) is 0 Å². The van der Waals surface area contributed by atoms with Crippen LogP contribution in [0.15, 0.2) is 11.1 Å². The van der Waals surface area contributed by atoms with Crippen LogP contribution < -0.4 is 24.0 Å². The van der Waals surface area contributed by atoms with Gasteiger partial charge in [0, 0.05) is 0 Å². The molecule has 0 amide bonds. The number of hydrogen-bond donors (Lipinski definition) is 0. The molecule has 0 aliphatic rings. The van der Waals surface area contributed by atoms with Crippen molar-refractivity contribution in [3.05, 3.63) is 11.1 Å².